The third kappa shape index (κ3) is 1.75. The molecule has 1 saturated heterocycles. The number of ether oxygens (including phenoxy) is 1. The standard InChI is InChI=1S/C8H8BrN3OS/c9-7-6(5-10)14-11-8(7)12-1-3-13-4-2-12/h1-4H2. The molecule has 1 aromatic heterocycles. The van der Waals surface area contributed by atoms with Gasteiger partial charge in [-0.25, -0.2) is 0 Å². The van der Waals surface area contributed by atoms with Crippen LogP contribution in [0.4, 0.5) is 5.82 Å². The van der Waals surface area contributed by atoms with E-state index in [4.69, 9.17) is 10.00 Å². The van der Waals surface area contributed by atoms with Crippen molar-refractivity contribution in [1.82, 2.24) is 4.37 Å². The van der Waals surface area contributed by atoms with E-state index in [0.29, 0.717) is 4.88 Å². The summed E-state index contributed by atoms with van der Waals surface area (Å²) < 4.78 is 10.3. The molecule has 14 heavy (non-hydrogen) atoms. The highest BCUT2D eigenvalue weighted by Crippen LogP contribution is 2.31. The Morgan fingerprint density at radius 3 is 2.79 bits per heavy atom. The summed E-state index contributed by atoms with van der Waals surface area (Å²) in [6.07, 6.45) is 0. The maximum absolute atomic E-state index is 8.78. The molecule has 0 spiro atoms. The van der Waals surface area contributed by atoms with E-state index in [2.05, 4.69) is 31.3 Å². The Bertz CT molecular complexity index is 367. The summed E-state index contributed by atoms with van der Waals surface area (Å²) in [4.78, 5) is 2.76. The van der Waals surface area contributed by atoms with Crippen molar-refractivity contribution in [2.45, 2.75) is 0 Å². The smallest absolute Gasteiger partial charge is 0.158 e. The molecule has 0 saturated carbocycles. The number of rotatable bonds is 1. The van der Waals surface area contributed by atoms with E-state index >= 15 is 0 Å². The zero-order chi connectivity index (χ0) is 9.97. The van der Waals surface area contributed by atoms with Gasteiger partial charge in [-0.1, -0.05) is 0 Å². The van der Waals surface area contributed by atoms with Gasteiger partial charge in [0.15, 0.2) is 5.82 Å². The summed E-state index contributed by atoms with van der Waals surface area (Å²) in [7, 11) is 0. The van der Waals surface area contributed by atoms with Gasteiger partial charge in [0, 0.05) is 13.1 Å². The van der Waals surface area contributed by atoms with Crippen LogP contribution in [0.1, 0.15) is 4.88 Å². The van der Waals surface area contributed by atoms with Crippen LogP contribution in [0.15, 0.2) is 4.47 Å². The lowest BCUT2D eigenvalue weighted by Crippen LogP contribution is -2.36. The van der Waals surface area contributed by atoms with Crippen molar-refractivity contribution in [3.05, 3.63) is 9.35 Å². The second-order valence-electron chi connectivity index (χ2n) is 2.86. The van der Waals surface area contributed by atoms with Gasteiger partial charge in [-0.05, 0) is 27.5 Å². The molecule has 0 unspecified atom stereocenters. The topological polar surface area (TPSA) is 49.2 Å². The van der Waals surface area contributed by atoms with Crippen LogP contribution in [0.3, 0.4) is 0 Å². The van der Waals surface area contributed by atoms with Gasteiger partial charge >= 0.3 is 0 Å². The van der Waals surface area contributed by atoms with Gasteiger partial charge in [-0.15, -0.1) is 0 Å². The summed E-state index contributed by atoms with van der Waals surface area (Å²) >= 11 is 4.62. The van der Waals surface area contributed by atoms with Gasteiger partial charge in [-0.3, -0.25) is 0 Å². The summed E-state index contributed by atoms with van der Waals surface area (Å²) in [5.74, 6) is 0.870. The molecular weight excluding hydrogens is 266 g/mol. The number of halogens is 1. The van der Waals surface area contributed by atoms with Gasteiger partial charge in [0.1, 0.15) is 10.9 Å². The van der Waals surface area contributed by atoms with Gasteiger partial charge in [0.25, 0.3) is 0 Å². The highest BCUT2D eigenvalue weighted by atomic mass is 79.9. The fraction of sp³-hybridized carbons (Fsp3) is 0.500. The van der Waals surface area contributed by atoms with Crippen molar-refractivity contribution in [2.24, 2.45) is 0 Å². The van der Waals surface area contributed by atoms with Crippen LogP contribution in [-0.2, 0) is 4.74 Å². The normalized spacial score (nSPS) is 16.7. The minimum atomic E-state index is 0.631. The van der Waals surface area contributed by atoms with E-state index in [1.165, 1.54) is 11.5 Å². The number of hydrogen-bond donors (Lipinski definition) is 0. The number of anilines is 1. The first-order valence-corrected chi connectivity index (χ1v) is 5.77. The lowest BCUT2D eigenvalue weighted by atomic mass is 10.4. The highest BCUT2D eigenvalue weighted by molar-refractivity contribution is 9.10. The first-order valence-electron chi connectivity index (χ1n) is 4.21. The van der Waals surface area contributed by atoms with E-state index in [-0.39, 0.29) is 0 Å². The molecule has 0 bridgehead atoms. The number of morpholine rings is 1. The van der Waals surface area contributed by atoms with Crippen LogP contribution in [0.5, 0.6) is 0 Å². The second kappa shape index (κ2) is 4.26. The van der Waals surface area contributed by atoms with Crippen molar-refractivity contribution in [3.8, 4) is 6.07 Å². The van der Waals surface area contributed by atoms with E-state index in [1.807, 2.05) is 0 Å². The predicted molar refractivity (Wildman–Crippen MR) is 57.6 cm³/mol. The minimum absolute atomic E-state index is 0.631. The van der Waals surface area contributed by atoms with Gasteiger partial charge < -0.3 is 9.64 Å². The number of nitriles is 1. The van der Waals surface area contributed by atoms with Gasteiger partial charge in [-0.2, -0.15) is 9.64 Å². The molecule has 1 aromatic rings. The molecule has 0 atom stereocenters. The molecule has 4 nitrogen and oxygen atoms in total. The molecule has 0 aliphatic carbocycles. The Kier molecular flexibility index (Phi) is 3.01. The van der Waals surface area contributed by atoms with E-state index in [9.17, 15) is 0 Å². The number of aromatic nitrogens is 1. The third-order valence-electron chi connectivity index (χ3n) is 2.03. The summed E-state index contributed by atoms with van der Waals surface area (Å²) in [5, 5.41) is 8.78. The van der Waals surface area contributed by atoms with E-state index in [0.717, 1.165) is 36.6 Å². The molecule has 0 aromatic carbocycles. The molecule has 0 radical (unpaired) electrons. The Balaban J connectivity index is 2.23. The molecule has 1 aliphatic rings. The van der Waals surface area contributed by atoms with E-state index < -0.39 is 0 Å². The monoisotopic (exact) mass is 273 g/mol. The minimum Gasteiger partial charge on any atom is -0.378 e. The van der Waals surface area contributed by atoms with Crippen LogP contribution in [-0.4, -0.2) is 30.7 Å². The molecule has 2 rings (SSSR count). The fourth-order valence-corrected chi connectivity index (χ4v) is 2.67. The van der Waals surface area contributed by atoms with Crippen LogP contribution < -0.4 is 4.90 Å². The van der Waals surface area contributed by atoms with E-state index in [1.54, 1.807) is 0 Å². The molecule has 2 heterocycles. The first-order chi connectivity index (χ1) is 6.83. The number of hydrogen-bond acceptors (Lipinski definition) is 5. The highest BCUT2D eigenvalue weighted by Gasteiger charge is 2.19. The fourth-order valence-electron chi connectivity index (χ4n) is 1.31. The van der Waals surface area contributed by atoms with Crippen molar-refractivity contribution >= 4 is 33.3 Å². The third-order valence-corrected chi connectivity index (χ3v) is 3.79. The van der Waals surface area contributed by atoms with Gasteiger partial charge in [0.05, 0.1) is 17.7 Å². The second-order valence-corrected chi connectivity index (χ2v) is 4.43. The van der Waals surface area contributed by atoms with Crippen LogP contribution >= 0.6 is 27.5 Å². The van der Waals surface area contributed by atoms with Crippen LogP contribution in [0.25, 0.3) is 0 Å². The van der Waals surface area contributed by atoms with Crippen molar-refractivity contribution in [1.29, 1.82) is 5.26 Å². The molecule has 0 amide bonds. The zero-order valence-electron chi connectivity index (χ0n) is 7.36. The Labute approximate surface area is 94.4 Å². The zero-order valence-corrected chi connectivity index (χ0v) is 9.77. The Morgan fingerprint density at radius 1 is 1.50 bits per heavy atom. The summed E-state index contributed by atoms with van der Waals surface area (Å²) in [6, 6.07) is 2.11. The maximum Gasteiger partial charge on any atom is 0.158 e. The molecule has 1 aliphatic heterocycles. The summed E-state index contributed by atoms with van der Waals surface area (Å²) in [6.45, 7) is 3.14. The van der Waals surface area contributed by atoms with Crippen molar-refractivity contribution in [3.63, 3.8) is 0 Å². The van der Waals surface area contributed by atoms with Gasteiger partial charge in [0.2, 0.25) is 0 Å². The average molecular weight is 274 g/mol. The lowest BCUT2D eigenvalue weighted by molar-refractivity contribution is 0.122. The largest absolute Gasteiger partial charge is 0.378 e. The Hall–Kier alpha value is -0.640. The Morgan fingerprint density at radius 2 is 2.21 bits per heavy atom. The molecule has 6 heteroatoms. The molecule has 1 fully saturated rings. The number of nitrogens with zero attached hydrogens (tertiary/aromatic N) is 3. The quantitative estimate of drug-likeness (QED) is 0.780. The SMILES string of the molecule is N#Cc1snc(N2CCOCC2)c1Br. The lowest BCUT2D eigenvalue weighted by Gasteiger charge is -2.26. The van der Waals surface area contributed by atoms with Crippen molar-refractivity contribution in [2.75, 3.05) is 31.2 Å². The first kappa shape index (κ1) is 9.90. The average Bonchev–Trinajstić information content (AvgIpc) is 2.61. The van der Waals surface area contributed by atoms with Crippen molar-refractivity contribution < 1.29 is 4.74 Å². The summed E-state index contributed by atoms with van der Waals surface area (Å²) in [5.41, 5.74) is 0. The molecule has 74 valence electrons. The van der Waals surface area contributed by atoms with Crippen LogP contribution in [0, 0.1) is 11.3 Å². The predicted octanol–water partition coefficient (Wildman–Crippen LogP) is 1.61. The maximum atomic E-state index is 8.78. The molecule has 0 N–H and O–H groups in total. The van der Waals surface area contributed by atoms with Crippen LogP contribution in [0.2, 0.25) is 0 Å². The molecular formula is C8H8BrN3OS.